The highest BCUT2D eigenvalue weighted by Crippen LogP contribution is 2.29. The molecule has 0 atom stereocenters. The van der Waals surface area contributed by atoms with Crippen molar-refractivity contribution in [2.45, 2.75) is 12.7 Å². The number of aromatic nitrogens is 1. The summed E-state index contributed by atoms with van der Waals surface area (Å²) in [5.41, 5.74) is -0.00607. The molecule has 0 aliphatic rings. The summed E-state index contributed by atoms with van der Waals surface area (Å²) in [6, 6.07) is 8.44. The number of hydrogen-bond acceptors (Lipinski definition) is 4. The molecular weight excluding hydrogens is 271 g/mol. The highest BCUT2D eigenvalue weighted by molar-refractivity contribution is 5.29. The first-order valence-electron chi connectivity index (χ1n) is 5.64. The van der Waals surface area contributed by atoms with Crippen molar-refractivity contribution >= 4 is 5.82 Å². The van der Waals surface area contributed by atoms with E-state index in [2.05, 4.69) is 15.2 Å². The summed E-state index contributed by atoms with van der Waals surface area (Å²) in [6.45, 7) is 0.253. The number of rotatable bonds is 3. The minimum atomic E-state index is -4.41. The Labute approximate surface area is 112 Å². The Morgan fingerprint density at radius 2 is 1.75 bits per heavy atom. The number of benzene rings is 1. The van der Waals surface area contributed by atoms with Crippen LogP contribution < -0.4 is 0 Å². The molecule has 2 aromatic rings. The van der Waals surface area contributed by atoms with Gasteiger partial charge in [-0.15, -0.1) is 5.11 Å². The second-order valence-corrected chi connectivity index (χ2v) is 3.97. The summed E-state index contributed by atoms with van der Waals surface area (Å²) in [5, 5.41) is 16.7. The monoisotopic (exact) mass is 281 g/mol. The fourth-order valence-electron chi connectivity index (χ4n) is 1.40. The number of nitrogens with zero attached hydrogens (tertiary/aromatic N) is 3. The molecule has 1 aromatic heterocycles. The van der Waals surface area contributed by atoms with Crippen LogP contribution in [0.2, 0.25) is 0 Å². The van der Waals surface area contributed by atoms with Crippen LogP contribution in [0.1, 0.15) is 11.1 Å². The van der Waals surface area contributed by atoms with Crippen LogP contribution in [-0.2, 0) is 12.7 Å². The summed E-state index contributed by atoms with van der Waals surface area (Å²) in [5.74, 6) is 0.256. The van der Waals surface area contributed by atoms with E-state index in [-0.39, 0.29) is 18.1 Å². The molecule has 1 heterocycles. The van der Waals surface area contributed by atoms with Gasteiger partial charge >= 0.3 is 6.18 Å². The van der Waals surface area contributed by atoms with Crippen molar-refractivity contribution in [2.24, 2.45) is 10.2 Å². The van der Waals surface area contributed by atoms with E-state index in [1.54, 1.807) is 12.1 Å². The van der Waals surface area contributed by atoms with E-state index in [0.717, 1.165) is 23.9 Å². The molecule has 4 nitrogen and oxygen atoms in total. The van der Waals surface area contributed by atoms with Crippen molar-refractivity contribution in [2.75, 3.05) is 0 Å². The van der Waals surface area contributed by atoms with Crippen LogP contribution in [0.5, 0.6) is 5.75 Å². The predicted molar refractivity (Wildman–Crippen MR) is 65.6 cm³/mol. The van der Waals surface area contributed by atoms with Gasteiger partial charge in [-0.1, -0.05) is 12.1 Å². The van der Waals surface area contributed by atoms with Crippen LogP contribution in [0.25, 0.3) is 0 Å². The first-order valence-corrected chi connectivity index (χ1v) is 5.64. The van der Waals surface area contributed by atoms with Gasteiger partial charge in [0.2, 0.25) is 0 Å². The highest BCUT2D eigenvalue weighted by Gasteiger charge is 2.30. The zero-order valence-electron chi connectivity index (χ0n) is 10.2. The molecule has 1 aromatic carbocycles. The molecule has 7 heteroatoms. The van der Waals surface area contributed by atoms with Crippen molar-refractivity contribution in [3.05, 3.63) is 53.7 Å². The lowest BCUT2D eigenvalue weighted by atomic mass is 10.2. The van der Waals surface area contributed by atoms with Crippen molar-refractivity contribution < 1.29 is 18.3 Å². The summed E-state index contributed by atoms with van der Waals surface area (Å²) in [7, 11) is 0. The lowest BCUT2D eigenvalue weighted by molar-refractivity contribution is -0.137. The number of aromatic hydroxyl groups is 1. The van der Waals surface area contributed by atoms with E-state index in [9.17, 15) is 13.2 Å². The Hall–Kier alpha value is -2.44. The molecule has 0 bridgehead atoms. The Bertz CT molecular complexity index is 592. The van der Waals surface area contributed by atoms with Crippen LogP contribution >= 0.6 is 0 Å². The van der Waals surface area contributed by atoms with Crippen LogP contribution in [0.3, 0.4) is 0 Å². The van der Waals surface area contributed by atoms with Gasteiger partial charge in [0, 0.05) is 6.20 Å². The van der Waals surface area contributed by atoms with Crippen molar-refractivity contribution in [3.8, 4) is 5.75 Å². The third-order valence-electron chi connectivity index (χ3n) is 2.44. The number of halogens is 3. The fourth-order valence-corrected chi connectivity index (χ4v) is 1.40. The maximum Gasteiger partial charge on any atom is 0.417 e. The Morgan fingerprint density at radius 3 is 2.30 bits per heavy atom. The Morgan fingerprint density at radius 1 is 1.05 bits per heavy atom. The topological polar surface area (TPSA) is 57.8 Å². The van der Waals surface area contributed by atoms with Gasteiger partial charge in [0.05, 0.1) is 12.1 Å². The molecule has 104 valence electrons. The SMILES string of the molecule is Oc1ccc(CN=Nc2ccc(C(F)(F)F)cn2)cc1. The molecule has 0 unspecified atom stereocenters. The molecule has 0 fully saturated rings. The number of pyridine rings is 1. The molecule has 2 rings (SSSR count). The lowest BCUT2D eigenvalue weighted by Crippen LogP contribution is -2.04. The van der Waals surface area contributed by atoms with Gasteiger partial charge in [-0.25, -0.2) is 4.98 Å². The van der Waals surface area contributed by atoms with Gasteiger partial charge in [-0.2, -0.15) is 18.3 Å². The average molecular weight is 281 g/mol. The minimum Gasteiger partial charge on any atom is -0.508 e. The smallest absolute Gasteiger partial charge is 0.417 e. The van der Waals surface area contributed by atoms with Crippen LogP contribution in [0, 0.1) is 0 Å². The maximum absolute atomic E-state index is 12.3. The predicted octanol–water partition coefficient (Wildman–Crippen LogP) is 4.09. The van der Waals surface area contributed by atoms with Gasteiger partial charge in [-0.05, 0) is 29.8 Å². The van der Waals surface area contributed by atoms with Gasteiger partial charge in [0.25, 0.3) is 0 Å². The van der Waals surface area contributed by atoms with E-state index >= 15 is 0 Å². The summed E-state index contributed by atoms with van der Waals surface area (Å²) < 4.78 is 36.9. The first-order chi connectivity index (χ1) is 9.45. The molecule has 0 amide bonds. The zero-order valence-corrected chi connectivity index (χ0v) is 10.2. The molecule has 0 aliphatic heterocycles. The van der Waals surface area contributed by atoms with Gasteiger partial charge in [0.1, 0.15) is 5.75 Å². The first kappa shape index (κ1) is 14.0. The van der Waals surface area contributed by atoms with Crippen LogP contribution in [0.4, 0.5) is 19.0 Å². The average Bonchev–Trinajstić information content (AvgIpc) is 2.41. The molecule has 0 aliphatic carbocycles. The standard InChI is InChI=1S/C13H10F3N3O/c14-13(15,16)10-3-6-12(17-8-10)19-18-7-9-1-4-11(20)5-2-9/h1-6,8,20H,7H2. The van der Waals surface area contributed by atoms with Crippen molar-refractivity contribution in [1.29, 1.82) is 0 Å². The third-order valence-corrected chi connectivity index (χ3v) is 2.44. The molecule has 0 saturated carbocycles. The maximum atomic E-state index is 12.3. The second kappa shape index (κ2) is 5.68. The quantitative estimate of drug-likeness (QED) is 0.861. The van der Waals surface area contributed by atoms with Gasteiger partial charge in [0.15, 0.2) is 5.82 Å². The number of azo groups is 1. The Balaban J connectivity index is 1.99. The van der Waals surface area contributed by atoms with Crippen molar-refractivity contribution in [1.82, 2.24) is 4.98 Å². The van der Waals surface area contributed by atoms with E-state index in [0.29, 0.717) is 0 Å². The van der Waals surface area contributed by atoms with E-state index < -0.39 is 11.7 Å². The Kier molecular flexibility index (Phi) is 3.97. The van der Waals surface area contributed by atoms with E-state index in [1.165, 1.54) is 12.1 Å². The zero-order chi connectivity index (χ0) is 14.6. The minimum absolute atomic E-state index is 0.108. The summed E-state index contributed by atoms with van der Waals surface area (Å²) in [6.07, 6.45) is -3.69. The van der Waals surface area contributed by atoms with Crippen molar-refractivity contribution in [3.63, 3.8) is 0 Å². The second-order valence-electron chi connectivity index (χ2n) is 3.97. The number of hydrogen-bond donors (Lipinski definition) is 1. The highest BCUT2D eigenvalue weighted by atomic mass is 19.4. The van der Waals surface area contributed by atoms with Crippen LogP contribution in [0.15, 0.2) is 52.8 Å². The van der Waals surface area contributed by atoms with E-state index in [1.807, 2.05) is 0 Å². The molecule has 0 radical (unpaired) electrons. The van der Waals surface area contributed by atoms with Gasteiger partial charge in [-0.3, -0.25) is 0 Å². The third kappa shape index (κ3) is 3.78. The largest absolute Gasteiger partial charge is 0.508 e. The number of alkyl halides is 3. The normalized spacial score (nSPS) is 11.9. The molecular formula is C13H10F3N3O. The van der Waals surface area contributed by atoms with Crippen LogP contribution in [-0.4, -0.2) is 10.1 Å². The summed E-state index contributed by atoms with van der Waals surface area (Å²) >= 11 is 0. The number of phenols is 1. The molecule has 20 heavy (non-hydrogen) atoms. The molecule has 0 saturated heterocycles. The van der Waals surface area contributed by atoms with Gasteiger partial charge < -0.3 is 5.11 Å². The molecule has 1 N–H and O–H groups in total. The van der Waals surface area contributed by atoms with E-state index in [4.69, 9.17) is 5.11 Å². The lowest BCUT2D eigenvalue weighted by Gasteiger charge is -2.04. The molecule has 0 spiro atoms. The summed E-state index contributed by atoms with van der Waals surface area (Å²) in [4.78, 5) is 3.57. The number of phenolic OH excluding ortho intramolecular Hbond substituents is 1. The fraction of sp³-hybridized carbons (Fsp3) is 0.154.